The van der Waals surface area contributed by atoms with Gasteiger partial charge < -0.3 is 15.0 Å². The number of carbonyl (C=O) groups excluding carboxylic acids is 1. The van der Waals surface area contributed by atoms with Crippen LogP contribution in [0, 0.1) is 6.92 Å². The summed E-state index contributed by atoms with van der Waals surface area (Å²) in [7, 11) is -2.40. The van der Waals surface area contributed by atoms with Crippen molar-refractivity contribution in [1.82, 2.24) is 14.3 Å². The molecule has 0 unspecified atom stereocenters. The molecular weight excluding hydrogens is 447 g/mol. The van der Waals surface area contributed by atoms with Crippen LogP contribution in [0.2, 0.25) is 0 Å². The molecule has 0 bridgehead atoms. The molecule has 0 atom stereocenters. The molecule has 0 radical (unpaired) electrons. The highest BCUT2D eigenvalue weighted by atomic mass is 32.2. The van der Waals surface area contributed by atoms with Gasteiger partial charge in [-0.05, 0) is 55.7 Å². The first-order valence-electron chi connectivity index (χ1n) is 10.5. The maximum absolute atomic E-state index is 14.3. The Kier molecular flexibility index (Phi) is 6.33. The van der Waals surface area contributed by atoms with Crippen LogP contribution < -0.4 is 10.5 Å². The number of ether oxygens (including phenoxy) is 1. The summed E-state index contributed by atoms with van der Waals surface area (Å²) in [4.78, 5) is 17.1. The molecule has 33 heavy (non-hydrogen) atoms. The Morgan fingerprint density at radius 2 is 2.09 bits per heavy atom. The second kappa shape index (κ2) is 9.05. The van der Waals surface area contributed by atoms with Crippen molar-refractivity contribution >= 4 is 27.0 Å². The third-order valence-corrected chi connectivity index (χ3v) is 6.99. The Labute approximate surface area is 191 Å². The summed E-state index contributed by atoms with van der Waals surface area (Å²) in [5.74, 6) is -0.460. The molecule has 0 aliphatic heterocycles. The molecule has 1 saturated carbocycles. The molecule has 8 nitrogen and oxygen atoms in total. The average molecular weight is 473 g/mol. The van der Waals surface area contributed by atoms with E-state index < -0.39 is 21.8 Å². The maximum atomic E-state index is 14.3. The van der Waals surface area contributed by atoms with Crippen LogP contribution in [-0.2, 0) is 21.3 Å². The summed E-state index contributed by atoms with van der Waals surface area (Å²) in [6.45, 7) is 1.70. The highest BCUT2D eigenvalue weighted by Gasteiger charge is 2.28. The number of sulfonamides is 1. The van der Waals surface area contributed by atoms with Gasteiger partial charge in [0.25, 0.3) is 0 Å². The Morgan fingerprint density at radius 3 is 2.76 bits per heavy atom. The first-order valence-corrected chi connectivity index (χ1v) is 12.0. The van der Waals surface area contributed by atoms with Crippen molar-refractivity contribution in [2.75, 3.05) is 13.7 Å². The van der Waals surface area contributed by atoms with Gasteiger partial charge in [-0.3, -0.25) is 0 Å². The number of hydrogen-bond donors (Lipinski definition) is 2. The van der Waals surface area contributed by atoms with Crippen molar-refractivity contribution in [2.24, 2.45) is 5.73 Å². The number of benzene rings is 2. The van der Waals surface area contributed by atoms with Crippen molar-refractivity contribution in [3.8, 4) is 11.1 Å². The van der Waals surface area contributed by atoms with Gasteiger partial charge >= 0.3 is 5.97 Å². The standard InChI is InChI=1S/C23H25FN4O4S/c1-14-26-22-20(15-4-3-5-19(10-15)33(30,31)27-18-6-7-18)11-16(23(29)32-2)12-21(22)28(14)13-17(24)8-9-25/h3-5,8,10-12,18,27H,6-7,9,13,25H2,1-2H3. The number of nitrogens with one attached hydrogen (secondary N) is 1. The molecule has 0 spiro atoms. The molecule has 1 fully saturated rings. The SMILES string of the molecule is COC(=O)c1cc(-c2cccc(S(=O)(=O)NC3CC3)c2)c2nc(C)n(CC(F)=CCN)c2c1. The van der Waals surface area contributed by atoms with Crippen LogP contribution in [0.25, 0.3) is 22.2 Å². The lowest BCUT2D eigenvalue weighted by Gasteiger charge is -2.11. The highest BCUT2D eigenvalue weighted by Crippen LogP contribution is 2.33. The molecule has 2 aromatic carbocycles. The van der Waals surface area contributed by atoms with Crippen molar-refractivity contribution in [2.45, 2.75) is 37.2 Å². The molecule has 3 N–H and O–H groups in total. The second-order valence-electron chi connectivity index (χ2n) is 7.94. The summed E-state index contributed by atoms with van der Waals surface area (Å²) >= 11 is 0. The largest absolute Gasteiger partial charge is 0.465 e. The van der Waals surface area contributed by atoms with Crippen molar-refractivity contribution < 1.29 is 22.3 Å². The number of imidazole rings is 1. The van der Waals surface area contributed by atoms with Crippen molar-refractivity contribution in [1.29, 1.82) is 0 Å². The fourth-order valence-electron chi connectivity index (χ4n) is 3.66. The topological polar surface area (TPSA) is 116 Å². The van der Waals surface area contributed by atoms with Gasteiger partial charge in [0.05, 0.1) is 35.1 Å². The zero-order chi connectivity index (χ0) is 23.8. The molecular formula is C23H25FN4O4S. The van der Waals surface area contributed by atoms with E-state index in [1.165, 1.54) is 19.3 Å². The monoisotopic (exact) mass is 472 g/mol. The van der Waals surface area contributed by atoms with E-state index in [2.05, 4.69) is 9.71 Å². The minimum atomic E-state index is -3.67. The molecule has 1 aromatic heterocycles. The van der Waals surface area contributed by atoms with E-state index in [1.54, 1.807) is 41.8 Å². The maximum Gasteiger partial charge on any atom is 0.337 e. The number of halogens is 1. The van der Waals surface area contributed by atoms with Crippen LogP contribution >= 0.6 is 0 Å². The van der Waals surface area contributed by atoms with Gasteiger partial charge in [0.1, 0.15) is 11.7 Å². The number of hydrogen-bond acceptors (Lipinski definition) is 6. The Bertz CT molecular complexity index is 1360. The number of rotatable bonds is 8. The Morgan fingerprint density at radius 1 is 1.33 bits per heavy atom. The fourth-order valence-corrected chi connectivity index (χ4v) is 5.01. The molecule has 0 amide bonds. The fraction of sp³-hybridized carbons (Fsp3) is 0.304. The number of aromatic nitrogens is 2. The molecule has 1 heterocycles. The van der Waals surface area contributed by atoms with Crippen molar-refractivity contribution in [3.63, 3.8) is 0 Å². The van der Waals surface area contributed by atoms with Gasteiger partial charge in [0.2, 0.25) is 10.0 Å². The van der Waals surface area contributed by atoms with E-state index in [9.17, 15) is 17.6 Å². The molecule has 0 saturated heterocycles. The molecule has 1 aliphatic carbocycles. The van der Waals surface area contributed by atoms with Crippen LogP contribution in [0.5, 0.6) is 0 Å². The van der Waals surface area contributed by atoms with E-state index in [4.69, 9.17) is 10.5 Å². The summed E-state index contributed by atoms with van der Waals surface area (Å²) in [5, 5.41) is 0. The normalized spacial score (nSPS) is 14.6. The number of aryl methyl sites for hydroxylation is 1. The lowest BCUT2D eigenvalue weighted by atomic mass is 10.0. The molecule has 174 valence electrons. The van der Waals surface area contributed by atoms with Crippen LogP contribution in [0.4, 0.5) is 4.39 Å². The summed E-state index contributed by atoms with van der Waals surface area (Å²) in [6, 6.07) is 9.63. The number of nitrogens with zero attached hydrogens (tertiary/aromatic N) is 2. The predicted molar refractivity (Wildman–Crippen MR) is 123 cm³/mol. The van der Waals surface area contributed by atoms with Crippen LogP contribution in [0.3, 0.4) is 0 Å². The quantitative estimate of drug-likeness (QED) is 0.487. The van der Waals surface area contributed by atoms with Gasteiger partial charge in [-0.1, -0.05) is 12.1 Å². The smallest absolute Gasteiger partial charge is 0.337 e. The zero-order valence-electron chi connectivity index (χ0n) is 18.3. The first kappa shape index (κ1) is 23.1. The van der Waals surface area contributed by atoms with E-state index >= 15 is 0 Å². The average Bonchev–Trinajstić information content (AvgIpc) is 3.54. The van der Waals surface area contributed by atoms with Crippen LogP contribution in [0.1, 0.15) is 29.0 Å². The highest BCUT2D eigenvalue weighted by molar-refractivity contribution is 7.89. The molecule has 3 aromatic rings. The zero-order valence-corrected chi connectivity index (χ0v) is 19.2. The third kappa shape index (κ3) is 4.82. The lowest BCUT2D eigenvalue weighted by Crippen LogP contribution is -2.25. The van der Waals surface area contributed by atoms with E-state index in [0.29, 0.717) is 28.0 Å². The molecule has 4 rings (SSSR count). The Hall–Kier alpha value is -3.08. The number of methoxy groups -OCH3 is 1. The summed E-state index contributed by atoms with van der Waals surface area (Å²) < 4.78 is 48.9. The van der Waals surface area contributed by atoms with Crippen LogP contribution in [0.15, 0.2) is 53.2 Å². The van der Waals surface area contributed by atoms with Gasteiger partial charge in [0, 0.05) is 18.2 Å². The second-order valence-corrected chi connectivity index (χ2v) is 9.65. The van der Waals surface area contributed by atoms with Crippen LogP contribution in [-0.4, -0.2) is 43.6 Å². The number of allylic oxidation sites excluding steroid dienone is 1. The van der Waals surface area contributed by atoms with Gasteiger partial charge in [-0.2, -0.15) is 0 Å². The number of nitrogens with two attached hydrogens (primary N) is 1. The number of carbonyl (C=O) groups is 1. The number of esters is 1. The minimum Gasteiger partial charge on any atom is -0.465 e. The molecule has 1 aliphatic rings. The van der Waals surface area contributed by atoms with Crippen molar-refractivity contribution in [3.05, 3.63) is 59.7 Å². The minimum absolute atomic E-state index is 0.0252. The van der Waals surface area contributed by atoms with E-state index in [1.807, 2.05) is 0 Å². The third-order valence-electron chi connectivity index (χ3n) is 5.47. The van der Waals surface area contributed by atoms with E-state index in [-0.39, 0.29) is 29.6 Å². The summed E-state index contributed by atoms with van der Waals surface area (Å²) in [6.07, 6.45) is 2.93. The van der Waals surface area contributed by atoms with E-state index in [0.717, 1.165) is 12.8 Å². The first-order chi connectivity index (χ1) is 15.7. The Balaban J connectivity index is 1.89. The van der Waals surface area contributed by atoms with Gasteiger partial charge in [-0.25, -0.2) is 27.3 Å². The summed E-state index contributed by atoms with van der Waals surface area (Å²) in [5.41, 5.74) is 7.81. The lowest BCUT2D eigenvalue weighted by molar-refractivity contribution is 0.0601. The molecule has 10 heteroatoms. The van der Waals surface area contributed by atoms with Gasteiger partial charge in [0.15, 0.2) is 0 Å². The number of fused-ring (bicyclic) bond motifs is 1. The predicted octanol–water partition coefficient (Wildman–Crippen LogP) is 3.05. The van der Waals surface area contributed by atoms with Gasteiger partial charge in [-0.15, -0.1) is 0 Å².